The summed E-state index contributed by atoms with van der Waals surface area (Å²) in [6.07, 6.45) is 19.9. The number of pyridine rings is 1. The number of hydrogen-bond acceptors (Lipinski definition) is 4. The fraction of sp³-hybridized carbons (Fsp3) is 0.567. The summed E-state index contributed by atoms with van der Waals surface area (Å²) in [6, 6.07) is 10.6. The van der Waals surface area contributed by atoms with E-state index in [1.807, 2.05) is 13.0 Å². The van der Waals surface area contributed by atoms with Crippen LogP contribution in [-0.4, -0.2) is 16.7 Å². The number of benzene rings is 1. The quantitative estimate of drug-likeness (QED) is 0.0959. The molecule has 0 radical (unpaired) electrons. The molecule has 4 nitrogen and oxygen atoms in total. The van der Waals surface area contributed by atoms with Gasteiger partial charge in [-0.15, -0.1) is 0 Å². The Labute approximate surface area is 206 Å². The highest BCUT2D eigenvalue weighted by molar-refractivity contribution is 6.10. The van der Waals surface area contributed by atoms with Gasteiger partial charge in [-0.1, -0.05) is 109 Å². The van der Waals surface area contributed by atoms with Crippen LogP contribution >= 0.6 is 0 Å². The summed E-state index contributed by atoms with van der Waals surface area (Å²) < 4.78 is 5.59. The molecule has 34 heavy (non-hydrogen) atoms. The van der Waals surface area contributed by atoms with Crippen molar-refractivity contribution in [1.29, 1.82) is 0 Å². The molecule has 0 saturated carbocycles. The maximum absolute atomic E-state index is 12.9. The van der Waals surface area contributed by atoms with E-state index in [4.69, 9.17) is 4.74 Å². The smallest absolute Gasteiger partial charge is 0.311 e. The minimum absolute atomic E-state index is 0.224. The van der Waals surface area contributed by atoms with Crippen LogP contribution in [-0.2, 0) is 4.79 Å². The summed E-state index contributed by atoms with van der Waals surface area (Å²) in [5.41, 5.74) is 1.54. The van der Waals surface area contributed by atoms with Gasteiger partial charge in [0.25, 0.3) is 0 Å². The summed E-state index contributed by atoms with van der Waals surface area (Å²) in [6.45, 7) is 4.11. The first-order chi connectivity index (χ1) is 16.6. The van der Waals surface area contributed by atoms with Crippen LogP contribution < -0.4 is 4.74 Å². The summed E-state index contributed by atoms with van der Waals surface area (Å²) in [4.78, 5) is 29.5. The Hall–Kier alpha value is -2.49. The zero-order valence-electron chi connectivity index (χ0n) is 21.3. The first kappa shape index (κ1) is 27.8. The van der Waals surface area contributed by atoms with Gasteiger partial charge in [0.2, 0.25) is 5.78 Å². The van der Waals surface area contributed by atoms with Crippen LogP contribution in [0.5, 0.6) is 5.75 Å². The number of unbranched alkanes of at least 4 members (excludes halogenated alkanes) is 13. The molecule has 0 spiro atoms. The normalized spacial score (nSPS) is 10.9. The van der Waals surface area contributed by atoms with Gasteiger partial charge < -0.3 is 4.74 Å². The molecule has 0 saturated heterocycles. The number of hydrogen-bond donors (Lipinski definition) is 0. The third kappa shape index (κ3) is 10.6. The van der Waals surface area contributed by atoms with Crippen molar-refractivity contribution in [3.05, 3.63) is 59.4 Å². The van der Waals surface area contributed by atoms with Gasteiger partial charge in [0, 0.05) is 12.6 Å². The first-order valence-corrected chi connectivity index (χ1v) is 13.4. The number of nitrogens with zero attached hydrogens (tertiary/aromatic N) is 1. The molecule has 0 bridgehead atoms. The van der Waals surface area contributed by atoms with E-state index < -0.39 is 0 Å². The highest BCUT2D eigenvalue weighted by atomic mass is 16.5. The van der Waals surface area contributed by atoms with E-state index in [2.05, 4.69) is 11.9 Å². The second-order valence-corrected chi connectivity index (χ2v) is 9.31. The topological polar surface area (TPSA) is 56.3 Å². The molecule has 0 atom stereocenters. The number of ketones is 1. The number of rotatable bonds is 18. The highest BCUT2D eigenvalue weighted by Gasteiger charge is 2.20. The molecule has 1 aromatic carbocycles. The molecule has 0 aliphatic rings. The maximum atomic E-state index is 12.9. The summed E-state index contributed by atoms with van der Waals surface area (Å²) in [7, 11) is 0. The van der Waals surface area contributed by atoms with Gasteiger partial charge in [0.1, 0.15) is 11.4 Å². The molecule has 186 valence electrons. The van der Waals surface area contributed by atoms with Crippen molar-refractivity contribution in [2.24, 2.45) is 0 Å². The monoisotopic (exact) mass is 465 g/mol. The van der Waals surface area contributed by atoms with Crippen LogP contribution in [0.3, 0.4) is 0 Å². The lowest BCUT2D eigenvalue weighted by Gasteiger charge is -2.12. The van der Waals surface area contributed by atoms with Gasteiger partial charge in [0.15, 0.2) is 0 Å². The molecule has 4 heteroatoms. The average molecular weight is 466 g/mol. The van der Waals surface area contributed by atoms with Gasteiger partial charge in [0.05, 0.1) is 5.56 Å². The Balaban J connectivity index is 1.60. The summed E-state index contributed by atoms with van der Waals surface area (Å²) in [5, 5.41) is 0. The lowest BCUT2D eigenvalue weighted by atomic mass is 10.0. The van der Waals surface area contributed by atoms with Crippen molar-refractivity contribution < 1.29 is 14.3 Å². The third-order valence-corrected chi connectivity index (χ3v) is 6.32. The molecular weight excluding hydrogens is 422 g/mol. The van der Waals surface area contributed by atoms with Crippen LogP contribution in [0.15, 0.2) is 42.6 Å². The van der Waals surface area contributed by atoms with Crippen molar-refractivity contribution in [3.63, 3.8) is 0 Å². The second-order valence-electron chi connectivity index (χ2n) is 9.31. The van der Waals surface area contributed by atoms with Crippen molar-refractivity contribution >= 4 is 11.8 Å². The molecular formula is C30H43NO3. The van der Waals surface area contributed by atoms with E-state index in [-0.39, 0.29) is 11.8 Å². The Morgan fingerprint density at radius 1 is 0.735 bits per heavy atom. The molecule has 0 fully saturated rings. The van der Waals surface area contributed by atoms with Gasteiger partial charge in [-0.05, 0) is 37.1 Å². The van der Waals surface area contributed by atoms with E-state index in [9.17, 15) is 9.59 Å². The largest absolute Gasteiger partial charge is 0.426 e. The zero-order valence-corrected chi connectivity index (χ0v) is 21.3. The van der Waals surface area contributed by atoms with Crippen molar-refractivity contribution in [3.8, 4) is 5.75 Å². The van der Waals surface area contributed by atoms with E-state index in [1.54, 1.807) is 36.5 Å². The Bertz CT molecular complexity index is 847. The van der Waals surface area contributed by atoms with Crippen LogP contribution in [0, 0.1) is 6.92 Å². The Morgan fingerprint density at radius 2 is 1.32 bits per heavy atom. The zero-order chi connectivity index (χ0) is 24.4. The van der Waals surface area contributed by atoms with Gasteiger partial charge in [-0.25, -0.2) is 0 Å². The lowest BCUT2D eigenvalue weighted by molar-refractivity contribution is -0.134. The van der Waals surface area contributed by atoms with Gasteiger partial charge in [-0.2, -0.15) is 0 Å². The number of esters is 1. The third-order valence-electron chi connectivity index (χ3n) is 6.32. The fourth-order valence-corrected chi connectivity index (χ4v) is 4.28. The predicted octanol–water partition coefficient (Wildman–Crippen LogP) is 8.40. The standard InChI is InChI=1S/C30H43NO3/c1-3-4-5-6-7-8-9-10-11-12-13-14-15-16-23-28(32)34-27-22-19-20-25(2)29(27)30(33)26-21-17-18-24-31-26/h17-22,24H,3-16,23H2,1-2H3. The molecule has 0 aliphatic carbocycles. The molecule has 1 heterocycles. The van der Waals surface area contributed by atoms with E-state index in [0.717, 1.165) is 24.8 Å². The number of aromatic nitrogens is 1. The minimum Gasteiger partial charge on any atom is -0.426 e. The van der Waals surface area contributed by atoms with Crippen molar-refractivity contribution in [1.82, 2.24) is 4.98 Å². The molecule has 1 aromatic heterocycles. The fourth-order valence-electron chi connectivity index (χ4n) is 4.28. The average Bonchev–Trinajstić information content (AvgIpc) is 2.84. The van der Waals surface area contributed by atoms with Crippen LogP contribution in [0.1, 0.15) is 125 Å². The SMILES string of the molecule is CCCCCCCCCCCCCCCCC(=O)Oc1cccc(C)c1C(=O)c1ccccn1. The van der Waals surface area contributed by atoms with Gasteiger partial charge in [-0.3, -0.25) is 14.6 Å². The molecule has 2 rings (SSSR count). The Morgan fingerprint density at radius 3 is 1.88 bits per heavy atom. The summed E-state index contributed by atoms with van der Waals surface area (Å²) >= 11 is 0. The number of carbonyl (C=O) groups is 2. The number of aryl methyl sites for hydroxylation is 1. The Kier molecular flexibility index (Phi) is 13.9. The van der Waals surface area contributed by atoms with Gasteiger partial charge >= 0.3 is 5.97 Å². The second kappa shape index (κ2) is 17.0. The summed E-state index contributed by atoms with van der Waals surface area (Å²) in [5.74, 6) is -0.177. The predicted molar refractivity (Wildman–Crippen MR) is 139 cm³/mol. The van der Waals surface area contributed by atoms with Crippen molar-refractivity contribution in [2.45, 2.75) is 110 Å². The maximum Gasteiger partial charge on any atom is 0.311 e. The van der Waals surface area contributed by atoms with Crippen LogP contribution in [0.2, 0.25) is 0 Å². The number of carbonyl (C=O) groups excluding carboxylic acids is 2. The molecule has 2 aromatic rings. The van der Waals surface area contributed by atoms with E-state index in [1.165, 1.54) is 70.6 Å². The lowest BCUT2D eigenvalue weighted by Crippen LogP contribution is -2.13. The first-order valence-electron chi connectivity index (χ1n) is 13.4. The van der Waals surface area contributed by atoms with E-state index >= 15 is 0 Å². The van der Waals surface area contributed by atoms with E-state index in [0.29, 0.717) is 23.4 Å². The molecule has 0 unspecified atom stereocenters. The van der Waals surface area contributed by atoms with Crippen molar-refractivity contribution in [2.75, 3.05) is 0 Å². The molecule has 0 N–H and O–H groups in total. The minimum atomic E-state index is -0.278. The van der Waals surface area contributed by atoms with Crippen LogP contribution in [0.4, 0.5) is 0 Å². The number of ether oxygens (including phenoxy) is 1. The molecule has 0 amide bonds. The highest BCUT2D eigenvalue weighted by Crippen LogP contribution is 2.25. The van der Waals surface area contributed by atoms with Crippen LogP contribution in [0.25, 0.3) is 0 Å². The molecule has 0 aliphatic heterocycles.